The third-order valence-corrected chi connectivity index (χ3v) is 4.31. The lowest BCUT2D eigenvalue weighted by molar-refractivity contribution is -0.148. The predicted octanol–water partition coefficient (Wildman–Crippen LogP) is 2.16. The van der Waals surface area contributed by atoms with Gasteiger partial charge in [0, 0.05) is 24.1 Å². The molecule has 0 spiro atoms. The van der Waals surface area contributed by atoms with Crippen molar-refractivity contribution >= 4 is 17.7 Å². The summed E-state index contributed by atoms with van der Waals surface area (Å²) in [6, 6.07) is 0.459. The maximum absolute atomic E-state index is 11.8. The highest BCUT2D eigenvalue weighted by molar-refractivity contribution is 7.99. The van der Waals surface area contributed by atoms with Crippen molar-refractivity contribution in [3.63, 3.8) is 0 Å². The Hall–Kier alpha value is -0.220. The first kappa shape index (κ1) is 13.8. The van der Waals surface area contributed by atoms with E-state index in [1.165, 1.54) is 7.11 Å². The number of thioether (sulfide) groups is 1. The number of hydrogen-bond donors (Lipinski definition) is 0. The van der Waals surface area contributed by atoms with Gasteiger partial charge in [-0.1, -0.05) is 19.8 Å². The predicted molar refractivity (Wildman–Crippen MR) is 68.8 cm³/mol. The molecule has 0 aromatic carbocycles. The maximum atomic E-state index is 11.8. The van der Waals surface area contributed by atoms with Crippen LogP contribution in [0.1, 0.15) is 33.1 Å². The molecular formula is C12H23NO2S. The van der Waals surface area contributed by atoms with E-state index in [9.17, 15) is 4.79 Å². The quantitative estimate of drug-likeness (QED) is 0.694. The van der Waals surface area contributed by atoms with Crippen LogP contribution in [0.15, 0.2) is 0 Å². The zero-order valence-electron chi connectivity index (χ0n) is 10.6. The molecule has 0 aromatic rings. The summed E-state index contributed by atoms with van der Waals surface area (Å²) in [4.78, 5) is 14.1. The second-order valence-electron chi connectivity index (χ2n) is 4.34. The van der Waals surface area contributed by atoms with Crippen molar-refractivity contribution in [3.05, 3.63) is 0 Å². The molecule has 0 aliphatic carbocycles. The molecule has 1 rings (SSSR count). The molecule has 1 saturated heterocycles. The zero-order valence-corrected chi connectivity index (χ0v) is 11.4. The summed E-state index contributed by atoms with van der Waals surface area (Å²) in [5, 5.41) is 0. The number of nitrogens with zero attached hydrogens (tertiary/aromatic N) is 1. The van der Waals surface area contributed by atoms with Crippen LogP contribution in [0.4, 0.5) is 0 Å². The fourth-order valence-electron chi connectivity index (χ4n) is 2.16. The summed E-state index contributed by atoms with van der Waals surface area (Å²) in [5.74, 6) is 2.19. The van der Waals surface area contributed by atoms with Gasteiger partial charge in [0.15, 0.2) is 0 Å². The van der Waals surface area contributed by atoms with Crippen molar-refractivity contribution in [2.75, 3.05) is 25.2 Å². The summed E-state index contributed by atoms with van der Waals surface area (Å²) < 4.78 is 4.92. The normalized spacial score (nSPS) is 24.1. The number of rotatable bonds is 5. The Labute approximate surface area is 103 Å². The van der Waals surface area contributed by atoms with Gasteiger partial charge in [0.1, 0.15) is 6.04 Å². The minimum atomic E-state index is -0.0628. The number of ether oxygens (including phenoxy) is 1. The lowest BCUT2D eigenvalue weighted by atomic mass is 10.1. The third-order valence-electron chi connectivity index (χ3n) is 3.12. The molecule has 0 radical (unpaired) electrons. The maximum Gasteiger partial charge on any atom is 0.323 e. The van der Waals surface area contributed by atoms with Crippen LogP contribution in [-0.2, 0) is 9.53 Å². The summed E-state index contributed by atoms with van der Waals surface area (Å²) >= 11 is 1.97. The van der Waals surface area contributed by atoms with Gasteiger partial charge in [-0.3, -0.25) is 9.69 Å². The lowest BCUT2D eigenvalue weighted by Gasteiger charge is -2.37. The molecule has 2 atom stereocenters. The van der Waals surface area contributed by atoms with Gasteiger partial charge in [0.05, 0.1) is 7.11 Å². The lowest BCUT2D eigenvalue weighted by Crippen LogP contribution is -2.50. The number of hydrogen-bond acceptors (Lipinski definition) is 4. The number of unbranched alkanes of at least 4 members (excludes halogenated alkanes) is 1. The molecule has 0 amide bonds. The van der Waals surface area contributed by atoms with Crippen LogP contribution in [0.5, 0.6) is 0 Å². The van der Waals surface area contributed by atoms with E-state index >= 15 is 0 Å². The largest absolute Gasteiger partial charge is 0.468 e. The van der Waals surface area contributed by atoms with Crippen LogP contribution in [-0.4, -0.2) is 48.1 Å². The Morgan fingerprint density at radius 3 is 2.94 bits per heavy atom. The molecule has 1 aliphatic rings. The van der Waals surface area contributed by atoms with Crippen LogP contribution in [0, 0.1) is 0 Å². The van der Waals surface area contributed by atoms with Gasteiger partial charge >= 0.3 is 5.97 Å². The molecule has 0 aromatic heterocycles. The molecule has 2 unspecified atom stereocenters. The molecule has 1 aliphatic heterocycles. The van der Waals surface area contributed by atoms with Crippen LogP contribution < -0.4 is 0 Å². The van der Waals surface area contributed by atoms with E-state index < -0.39 is 0 Å². The van der Waals surface area contributed by atoms with E-state index in [0.29, 0.717) is 6.04 Å². The van der Waals surface area contributed by atoms with Crippen molar-refractivity contribution in [1.82, 2.24) is 4.90 Å². The van der Waals surface area contributed by atoms with Gasteiger partial charge in [0.2, 0.25) is 0 Å². The van der Waals surface area contributed by atoms with Gasteiger partial charge in [-0.2, -0.15) is 11.8 Å². The van der Waals surface area contributed by atoms with Gasteiger partial charge in [-0.15, -0.1) is 0 Å². The monoisotopic (exact) mass is 245 g/mol. The minimum Gasteiger partial charge on any atom is -0.468 e. The van der Waals surface area contributed by atoms with Crippen LogP contribution in [0.25, 0.3) is 0 Å². The van der Waals surface area contributed by atoms with E-state index in [1.54, 1.807) is 0 Å². The average molecular weight is 245 g/mol. The molecule has 1 fully saturated rings. The Morgan fingerprint density at radius 2 is 2.38 bits per heavy atom. The van der Waals surface area contributed by atoms with Crippen molar-refractivity contribution in [3.8, 4) is 0 Å². The molecule has 0 bridgehead atoms. The van der Waals surface area contributed by atoms with Crippen LogP contribution >= 0.6 is 11.8 Å². The number of esters is 1. The molecule has 1 heterocycles. The second kappa shape index (κ2) is 7.17. The highest BCUT2D eigenvalue weighted by Crippen LogP contribution is 2.21. The molecule has 0 N–H and O–H groups in total. The van der Waals surface area contributed by atoms with E-state index in [1.807, 2.05) is 11.8 Å². The SMILES string of the molecule is CCCCC(C(=O)OC)N1CCSCC1C. The van der Waals surface area contributed by atoms with Gasteiger partial charge < -0.3 is 4.74 Å². The van der Waals surface area contributed by atoms with Crippen molar-refractivity contribution in [1.29, 1.82) is 0 Å². The van der Waals surface area contributed by atoms with Crippen molar-refractivity contribution < 1.29 is 9.53 Å². The van der Waals surface area contributed by atoms with Gasteiger partial charge in [0.25, 0.3) is 0 Å². The summed E-state index contributed by atoms with van der Waals surface area (Å²) in [6.45, 7) is 5.37. The fraction of sp³-hybridized carbons (Fsp3) is 0.917. The number of carbonyl (C=O) groups excluding carboxylic acids is 1. The minimum absolute atomic E-state index is 0.0270. The smallest absolute Gasteiger partial charge is 0.323 e. The van der Waals surface area contributed by atoms with Gasteiger partial charge in [-0.05, 0) is 13.3 Å². The Kier molecular flexibility index (Phi) is 6.21. The van der Waals surface area contributed by atoms with E-state index in [-0.39, 0.29) is 12.0 Å². The first-order valence-corrected chi connectivity index (χ1v) is 7.27. The molecule has 3 nitrogen and oxygen atoms in total. The fourth-order valence-corrected chi connectivity index (χ4v) is 3.19. The first-order valence-electron chi connectivity index (χ1n) is 6.12. The van der Waals surface area contributed by atoms with E-state index in [2.05, 4.69) is 18.7 Å². The topological polar surface area (TPSA) is 29.5 Å². The molecule has 94 valence electrons. The first-order chi connectivity index (χ1) is 7.70. The molecular weight excluding hydrogens is 222 g/mol. The standard InChI is InChI=1S/C12H23NO2S/c1-4-5-6-11(12(14)15-3)13-7-8-16-9-10(13)2/h10-11H,4-9H2,1-3H3. The van der Waals surface area contributed by atoms with Crippen LogP contribution in [0.2, 0.25) is 0 Å². The Bertz CT molecular complexity index is 223. The van der Waals surface area contributed by atoms with Crippen molar-refractivity contribution in [2.45, 2.75) is 45.2 Å². The molecule has 0 saturated carbocycles. The number of carbonyl (C=O) groups is 1. The second-order valence-corrected chi connectivity index (χ2v) is 5.49. The molecule has 4 heteroatoms. The zero-order chi connectivity index (χ0) is 12.0. The third kappa shape index (κ3) is 3.67. The Morgan fingerprint density at radius 1 is 1.62 bits per heavy atom. The summed E-state index contributed by atoms with van der Waals surface area (Å²) in [7, 11) is 1.49. The van der Waals surface area contributed by atoms with E-state index in [4.69, 9.17) is 4.74 Å². The average Bonchev–Trinajstić information content (AvgIpc) is 2.31. The van der Waals surface area contributed by atoms with Gasteiger partial charge in [-0.25, -0.2) is 0 Å². The van der Waals surface area contributed by atoms with Crippen molar-refractivity contribution in [2.24, 2.45) is 0 Å². The number of methoxy groups -OCH3 is 1. The highest BCUT2D eigenvalue weighted by atomic mass is 32.2. The van der Waals surface area contributed by atoms with E-state index in [0.717, 1.165) is 37.3 Å². The molecule has 16 heavy (non-hydrogen) atoms. The summed E-state index contributed by atoms with van der Waals surface area (Å²) in [6.07, 6.45) is 3.15. The Balaban J connectivity index is 2.61. The van der Waals surface area contributed by atoms with Crippen LogP contribution in [0.3, 0.4) is 0 Å². The summed E-state index contributed by atoms with van der Waals surface area (Å²) in [5.41, 5.74) is 0. The highest BCUT2D eigenvalue weighted by Gasteiger charge is 2.31.